The molecular formula is C29H29N3O. The molecule has 2 aromatic carbocycles. The lowest BCUT2D eigenvalue weighted by atomic mass is 9.97. The van der Waals surface area contributed by atoms with Gasteiger partial charge in [0.05, 0.1) is 17.3 Å². The Hall–Kier alpha value is -4.02. The fourth-order valence-corrected chi connectivity index (χ4v) is 3.56. The van der Waals surface area contributed by atoms with Crippen LogP contribution >= 0.6 is 0 Å². The van der Waals surface area contributed by atoms with E-state index in [4.69, 9.17) is 6.42 Å². The van der Waals surface area contributed by atoms with Crippen LogP contribution in [0.1, 0.15) is 48.7 Å². The summed E-state index contributed by atoms with van der Waals surface area (Å²) in [5.74, 6) is 2.47. The number of aliphatic imine (C=N–C) groups is 1. The number of terminal acetylenes is 1. The molecule has 33 heavy (non-hydrogen) atoms. The topological polar surface area (TPSA) is 44.7 Å². The van der Waals surface area contributed by atoms with E-state index in [1.54, 1.807) is 0 Å². The summed E-state index contributed by atoms with van der Waals surface area (Å²) in [7, 11) is 1.97. The number of allylic oxidation sites excluding steroid dienone is 4. The van der Waals surface area contributed by atoms with E-state index < -0.39 is 0 Å². The number of nitrogens with zero attached hydrogens (tertiary/aromatic N) is 2. The highest BCUT2D eigenvalue weighted by Crippen LogP contribution is 2.29. The van der Waals surface area contributed by atoms with E-state index in [0.29, 0.717) is 24.2 Å². The molecular weight excluding hydrogens is 406 g/mol. The number of rotatable bonds is 8. The number of hydrogen-bond donors (Lipinski definition) is 1. The van der Waals surface area contributed by atoms with Crippen molar-refractivity contribution in [3.8, 4) is 12.3 Å². The summed E-state index contributed by atoms with van der Waals surface area (Å²) >= 11 is 0. The van der Waals surface area contributed by atoms with Gasteiger partial charge in [0.25, 0.3) is 5.91 Å². The zero-order valence-electron chi connectivity index (χ0n) is 19.4. The molecule has 0 aromatic heterocycles. The molecule has 1 atom stereocenters. The molecule has 0 heterocycles. The van der Waals surface area contributed by atoms with E-state index in [1.807, 2.05) is 80.4 Å². The zero-order valence-corrected chi connectivity index (χ0v) is 19.4. The second kappa shape index (κ2) is 11.6. The highest BCUT2D eigenvalue weighted by Gasteiger charge is 2.21. The first kappa shape index (κ1) is 23.6. The van der Waals surface area contributed by atoms with Crippen LogP contribution in [-0.4, -0.2) is 25.2 Å². The fourth-order valence-electron chi connectivity index (χ4n) is 3.56. The predicted octanol–water partition coefficient (Wildman–Crippen LogP) is 5.77. The standard InChI is InChI=1S/C29H29N3O/c1-5-6-20-32(4)25-18-19-27(30-22(2)3)26(21-25)29(33)31-28(24-16-12-9-13-17-24)23-14-10-7-8-11-15-23/h1,7-8,10,12,14-19,21,28H,6,11,20H2,2-4H3,(H,31,33). The maximum atomic E-state index is 13.6. The molecule has 1 aliphatic carbocycles. The van der Waals surface area contributed by atoms with E-state index in [2.05, 4.69) is 40.5 Å². The van der Waals surface area contributed by atoms with Gasteiger partial charge in [-0.3, -0.25) is 9.79 Å². The highest BCUT2D eigenvalue weighted by atomic mass is 16.1. The van der Waals surface area contributed by atoms with E-state index in [9.17, 15) is 4.79 Å². The van der Waals surface area contributed by atoms with Gasteiger partial charge in [-0.15, -0.1) is 12.3 Å². The Morgan fingerprint density at radius 2 is 2.12 bits per heavy atom. The largest absolute Gasteiger partial charge is 0.374 e. The third kappa shape index (κ3) is 6.48. The minimum atomic E-state index is -0.318. The predicted molar refractivity (Wildman–Crippen MR) is 137 cm³/mol. The van der Waals surface area contributed by atoms with Crippen molar-refractivity contribution in [1.29, 1.82) is 0 Å². The smallest absolute Gasteiger partial charge is 0.254 e. The van der Waals surface area contributed by atoms with Crippen LogP contribution in [0.25, 0.3) is 0 Å². The Balaban J connectivity index is 1.99. The van der Waals surface area contributed by atoms with Crippen LogP contribution in [0.2, 0.25) is 0 Å². The van der Waals surface area contributed by atoms with Gasteiger partial charge in [-0.05, 0) is 67.8 Å². The van der Waals surface area contributed by atoms with Crippen LogP contribution in [0.15, 0.2) is 77.3 Å². The molecule has 0 spiro atoms. The van der Waals surface area contributed by atoms with Gasteiger partial charge in [0.2, 0.25) is 0 Å². The first-order valence-corrected chi connectivity index (χ1v) is 11.0. The molecule has 166 valence electrons. The molecule has 0 bridgehead atoms. The molecule has 0 saturated carbocycles. The van der Waals surface area contributed by atoms with Gasteiger partial charge in [0, 0.05) is 31.4 Å². The Labute approximate surface area is 197 Å². The third-order valence-corrected chi connectivity index (χ3v) is 5.25. The Morgan fingerprint density at radius 3 is 2.85 bits per heavy atom. The van der Waals surface area contributed by atoms with Gasteiger partial charge in [0.1, 0.15) is 0 Å². The number of amides is 1. The minimum absolute atomic E-state index is 0.188. The quantitative estimate of drug-likeness (QED) is 0.422. The van der Waals surface area contributed by atoms with Gasteiger partial charge in [-0.2, -0.15) is 0 Å². The SMILES string of the molecule is C#CCCN(C)c1ccc(N=C(C)C)c(C(=O)NC(C2=CCC=CC=C2)c2cc#ccc2)c1. The first-order chi connectivity index (χ1) is 16.0. The van der Waals surface area contributed by atoms with Crippen molar-refractivity contribution in [2.24, 2.45) is 4.99 Å². The van der Waals surface area contributed by atoms with Crippen molar-refractivity contribution in [3.05, 3.63) is 95.6 Å². The highest BCUT2D eigenvalue weighted by molar-refractivity contribution is 6.01. The van der Waals surface area contributed by atoms with E-state index in [0.717, 1.165) is 29.0 Å². The summed E-state index contributed by atoms with van der Waals surface area (Å²) in [5, 5.41) is 3.23. The van der Waals surface area contributed by atoms with Crippen LogP contribution in [0.3, 0.4) is 0 Å². The molecule has 1 N–H and O–H groups in total. The third-order valence-electron chi connectivity index (χ3n) is 5.25. The monoisotopic (exact) mass is 435 g/mol. The summed E-state index contributed by atoms with van der Waals surface area (Å²) in [4.78, 5) is 20.3. The second-order valence-corrected chi connectivity index (χ2v) is 8.04. The number of carbonyl (C=O) groups excluding carboxylic acids is 1. The fraction of sp³-hybridized carbons (Fsp3) is 0.241. The summed E-state index contributed by atoms with van der Waals surface area (Å²) in [6, 6.07) is 17.0. The zero-order chi connectivity index (χ0) is 23.6. The number of benzene rings is 1. The molecule has 0 aliphatic heterocycles. The lowest BCUT2D eigenvalue weighted by molar-refractivity contribution is 0.0943. The molecule has 0 fully saturated rings. The van der Waals surface area contributed by atoms with Crippen LogP contribution in [0, 0.1) is 24.5 Å². The normalized spacial score (nSPS) is 13.1. The molecule has 0 radical (unpaired) electrons. The van der Waals surface area contributed by atoms with Crippen molar-refractivity contribution in [2.45, 2.75) is 32.7 Å². The number of carbonyl (C=O) groups is 1. The summed E-state index contributed by atoms with van der Waals surface area (Å²) < 4.78 is 0. The van der Waals surface area contributed by atoms with E-state index >= 15 is 0 Å². The average molecular weight is 436 g/mol. The molecule has 2 aromatic rings. The number of nitrogens with one attached hydrogen (secondary N) is 1. The lowest BCUT2D eigenvalue weighted by Gasteiger charge is -2.23. The first-order valence-electron chi connectivity index (χ1n) is 11.0. The Kier molecular flexibility index (Phi) is 8.28. The molecule has 1 amide bonds. The Bertz CT molecular complexity index is 1130. The van der Waals surface area contributed by atoms with Crippen molar-refractivity contribution >= 4 is 23.0 Å². The Morgan fingerprint density at radius 1 is 1.27 bits per heavy atom. The molecule has 3 rings (SSSR count). The molecule has 1 aliphatic rings. The second-order valence-electron chi connectivity index (χ2n) is 8.04. The molecule has 0 saturated heterocycles. The van der Waals surface area contributed by atoms with E-state index in [1.165, 1.54) is 0 Å². The van der Waals surface area contributed by atoms with E-state index in [-0.39, 0.29) is 11.9 Å². The van der Waals surface area contributed by atoms with Crippen LogP contribution in [0.5, 0.6) is 0 Å². The van der Waals surface area contributed by atoms with Gasteiger partial charge in [-0.25, -0.2) is 0 Å². The summed E-state index contributed by atoms with van der Waals surface area (Å²) in [6.45, 7) is 4.54. The van der Waals surface area contributed by atoms with Gasteiger partial charge in [-0.1, -0.05) is 42.5 Å². The van der Waals surface area contributed by atoms with Crippen molar-refractivity contribution in [1.82, 2.24) is 5.32 Å². The average Bonchev–Trinajstić information content (AvgIpc) is 3.10. The number of anilines is 1. The van der Waals surface area contributed by atoms with Crippen LogP contribution < -0.4 is 10.2 Å². The van der Waals surface area contributed by atoms with Gasteiger partial charge >= 0.3 is 0 Å². The van der Waals surface area contributed by atoms with Crippen molar-refractivity contribution < 1.29 is 4.79 Å². The maximum absolute atomic E-state index is 13.6. The molecule has 1 unspecified atom stereocenters. The van der Waals surface area contributed by atoms with Crippen molar-refractivity contribution in [2.75, 3.05) is 18.5 Å². The lowest BCUT2D eigenvalue weighted by Crippen LogP contribution is -2.30. The molecule has 4 heteroatoms. The summed E-state index contributed by atoms with van der Waals surface area (Å²) in [5.41, 5.74) is 4.92. The van der Waals surface area contributed by atoms with Crippen molar-refractivity contribution in [3.63, 3.8) is 0 Å². The van der Waals surface area contributed by atoms with Crippen LogP contribution in [0.4, 0.5) is 11.4 Å². The van der Waals surface area contributed by atoms with Gasteiger partial charge < -0.3 is 10.2 Å². The maximum Gasteiger partial charge on any atom is 0.254 e. The number of hydrogen-bond acceptors (Lipinski definition) is 3. The summed E-state index contributed by atoms with van der Waals surface area (Å²) in [6.07, 6.45) is 17.1. The van der Waals surface area contributed by atoms with Gasteiger partial charge in [0.15, 0.2) is 0 Å². The molecule has 4 nitrogen and oxygen atoms in total. The minimum Gasteiger partial charge on any atom is -0.374 e. The van der Waals surface area contributed by atoms with Crippen LogP contribution in [-0.2, 0) is 0 Å².